The highest BCUT2D eigenvalue weighted by Gasteiger charge is 2.18. The normalized spacial score (nSPS) is 9.09. The molecular formula is C5H4N4O2. The summed E-state index contributed by atoms with van der Waals surface area (Å²) in [5, 5.41) is 13.8. The van der Waals surface area contributed by atoms with E-state index in [9.17, 15) is 10.1 Å². The van der Waals surface area contributed by atoms with Crippen LogP contribution in [0.2, 0.25) is 0 Å². The fourth-order valence-corrected chi connectivity index (χ4v) is 0.678. The third-order valence-corrected chi connectivity index (χ3v) is 1.19. The highest BCUT2D eigenvalue weighted by Crippen LogP contribution is 2.24. The summed E-state index contributed by atoms with van der Waals surface area (Å²) < 4.78 is 1.17. The van der Waals surface area contributed by atoms with Crippen LogP contribution in [0.4, 0.5) is 11.5 Å². The lowest BCUT2D eigenvalue weighted by molar-refractivity contribution is -0.383. The van der Waals surface area contributed by atoms with E-state index >= 15 is 0 Å². The molecule has 1 rings (SSSR count). The van der Waals surface area contributed by atoms with Crippen LogP contribution in [0.1, 0.15) is 0 Å². The van der Waals surface area contributed by atoms with E-state index in [1.165, 1.54) is 11.7 Å². The zero-order valence-electron chi connectivity index (χ0n) is 5.68. The van der Waals surface area contributed by atoms with Crippen LogP contribution in [-0.4, -0.2) is 14.7 Å². The second-order valence-electron chi connectivity index (χ2n) is 1.85. The fraction of sp³-hybridized carbons (Fsp3) is 0.200. The summed E-state index contributed by atoms with van der Waals surface area (Å²) >= 11 is 0. The zero-order chi connectivity index (χ0) is 8.43. The van der Waals surface area contributed by atoms with Crippen LogP contribution in [0.5, 0.6) is 0 Å². The summed E-state index contributed by atoms with van der Waals surface area (Å²) in [4.78, 5) is 12.5. The Bertz CT molecular complexity index is 335. The SMILES string of the molecule is [C-]#[N+]c1c([N+](=O)[O-])cnn1C. The maximum absolute atomic E-state index is 10.2. The van der Waals surface area contributed by atoms with Gasteiger partial charge < -0.3 is 4.85 Å². The molecule has 0 amide bonds. The zero-order valence-corrected chi connectivity index (χ0v) is 5.68. The number of nitro groups is 1. The highest BCUT2D eigenvalue weighted by atomic mass is 16.6. The Kier molecular flexibility index (Phi) is 1.56. The summed E-state index contributed by atoms with van der Waals surface area (Å²) in [7, 11) is 1.49. The predicted molar refractivity (Wildman–Crippen MR) is 36.1 cm³/mol. The molecule has 0 N–H and O–H groups in total. The monoisotopic (exact) mass is 152 g/mol. The molecule has 0 radical (unpaired) electrons. The molecule has 1 heterocycles. The molecule has 11 heavy (non-hydrogen) atoms. The van der Waals surface area contributed by atoms with E-state index in [-0.39, 0.29) is 11.5 Å². The minimum atomic E-state index is -0.625. The third-order valence-electron chi connectivity index (χ3n) is 1.19. The van der Waals surface area contributed by atoms with E-state index in [1.54, 1.807) is 0 Å². The standard InChI is InChI=1S/C5H4N4O2/c1-6-5-4(9(10)11)3-7-8(5)2/h3H,2H3. The van der Waals surface area contributed by atoms with E-state index in [4.69, 9.17) is 6.57 Å². The Balaban J connectivity index is 3.30. The number of aromatic nitrogens is 2. The summed E-state index contributed by atoms with van der Waals surface area (Å²) in [6.07, 6.45) is 1.06. The quantitative estimate of drug-likeness (QED) is 0.341. The molecule has 0 aliphatic heterocycles. The lowest BCUT2D eigenvalue weighted by atomic mass is 10.5. The van der Waals surface area contributed by atoms with Crippen molar-refractivity contribution < 1.29 is 4.92 Å². The van der Waals surface area contributed by atoms with Crippen LogP contribution in [-0.2, 0) is 7.05 Å². The Morgan fingerprint density at radius 3 is 2.91 bits per heavy atom. The lowest BCUT2D eigenvalue weighted by Gasteiger charge is -1.87. The molecule has 0 spiro atoms. The van der Waals surface area contributed by atoms with Gasteiger partial charge in [-0.25, -0.2) is 0 Å². The molecule has 0 bridgehead atoms. The maximum atomic E-state index is 10.2. The highest BCUT2D eigenvalue weighted by molar-refractivity contribution is 5.55. The minimum Gasteiger partial charge on any atom is -0.357 e. The van der Waals surface area contributed by atoms with Gasteiger partial charge in [0.15, 0.2) is 0 Å². The average molecular weight is 152 g/mol. The van der Waals surface area contributed by atoms with Crippen LogP contribution >= 0.6 is 0 Å². The largest absolute Gasteiger partial charge is 0.357 e. The van der Waals surface area contributed by atoms with Gasteiger partial charge in [0.25, 0.3) is 0 Å². The molecule has 0 atom stereocenters. The topological polar surface area (TPSA) is 65.3 Å². The Hall–Kier alpha value is -1.90. The molecule has 0 aliphatic carbocycles. The van der Waals surface area contributed by atoms with Gasteiger partial charge in [0.2, 0.25) is 0 Å². The van der Waals surface area contributed by atoms with Gasteiger partial charge >= 0.3 is 11.5 Å². The van der Waals surface area contributed by atoms with Crippen molar-refractivity contribution in [3.8, 4) is 0 Å². The molecule has 0 aromatic carbocycles. The molecule has 0 saturated heterocycles. The Morgan fingerprint density at radius 2 is 2.55 bits per heavy atom. The summed E-state index contributed by atoms with van der Waals surface area (Å²) in [6.45, 7) is 6.60. The Morgan fingerprint density at radius 1 is 1.91 bits per heavy atom. The molecular weight excluding hydrogens is 148 g/mol. The molecule has 0 unspecified atom stereocenters. The molecule has 1 aromatic heterocycles. The van der Waals surface area contributed by atoms with Crippen molar-refractivity contribution in [3.05, 3.63) is 27.7 Å². The third kappa shape index (κ3) is 1.03. The van der Waals surface area contributed by atoms with Gasteiger partial charge in [-0.3, -0.25) is 10.1 Å². The van der Waals surface area contributed by atoms with Gasteiger partial charge in [-0.05, 0) is 0 Å². The predicted octanol–water partition coefficient (Wildman–Crippen LogP) is 0.879. The number of rotatable bonds is 1. The first-order chi connectivity index (χ1) is 5.16. The first kappa shape index (κ1) is 7.21. The fourth-order valence-electron chi connectivity index (χ4n) is 0.678. The van der Waals surface area contributed by atoms with Crippen molar-refractivity contribution in [2.45, 2.75) is 0 Å². The van der Waals surface area contributed by atoms with Crippen LogP contribution in [0, 0.1) is 16.7 Å². The molecule has 6 heteroatoms. The average Bonchev–Trinajstić information content (AvgIpc) is 2.30. The molecule has 1 aromatic rings. The molecule has 0 fully saturated rings. The van der Waals surface area contributed by atoms with Crippen LogP contribution < -0.4 is 0 Å². The smallest absolute Gasteiger partial charge is 0.330 e. The van der Waals surface area contributed by atoms with Crippen LogP contribution in [0.3, 0.4) is 0 Å². The number of hydrogen-bond acceptors (Lipinski definition) is 3. The minimum absolute atomic E-state index is 0.0463. The molecule has 0 aliphatic rings. The summed E-state index contributed by atoms with van der Waals surface area (Å²) in [5.74, 6) is -0.0463. The van der Waals surface area contributed by atoms with Gasteiger partial charge in [-0.1, -0.05) is 6.57 Å². The molecule has 0 saturated carbocycles. The second kappa shape index (κ2) is 2.38. The van der Waals surface area contributed by atoms with Gasteiger partial charge in [-0.15, -0.1) is 5.10 Å². The summed E-state index contributed by atoms with van der Waals surface area (Å²) in [6, 6.07) is 0. The van der Waals surface area contributed by atoms with E-state index in [1.807, 2.05) is 0 Å². The van der Waals surface area contributed by atoms with Crippen LogP contribution in [0.15, 0.2) is 6.20 Å². The van der Waals surface area contributed by atoms with Crippen molar-refractivity contribution in [1.82, 2.24) is 9.78 Å². The van der Waals surface area contributed by atoms with Gasteiger partial charge in [0, 0.05) is 0 Å². The van der Waals surface area contributed by atoms with Crippen molar-refractivity contribution in [2.75, 3.05) is 0 Å². The van der Waals surface area contributed by atoms with Crippen molar-refractivity contribution in [3.63, 3.8) is 0 Å². The second-order valence-corrected chi connectivity index (χ2v) is 1.85. The Labute approximate surface area is 62.0 Å². The van der Waals surface area contributed by atoms with Crippen molar-refractivity contribution in [2.24, 2.45) is 7.05 Å². The van der Waals surface area contributed by atoms with Gasteiger partial charge in [0.1, 0.15) is 6.20 Å². The van der Waals surface area contributed by atoms with Gasteiger partial charge in [-0.2, -0.15) is 4.68 Å². The first-order valence-corrected chi connectivity index (χ1v) is 2.70. The summed E-state index contributed by atoms with van der Waals surface area (Å²) in [5.41, 5.74) is -0.248. The van der Waals surface area contributed by atoms with E-state index in [0.717, 1.165) is 6.20 Å². The first-order valence-electron chi connectivity index (χ1n) is 2.70. The van der Waals surface area contributed by atoms with E-state index < -0.39 is 4.92 Å². The number of aryl methyl sites for hydroxylation is 1. The van der Waals surface area contributed by atoms with E-state index in [2.05, 4.69) is 9.94 Å². The molecule has 56 valence electrons. The number of nitrogens with zero attached hydrogens (tertiary/aromatic N) is 4. The number of hydrogen-bond donors (Lipinski definition) is 0. The maximum Gasteiger partial charge on any atom is 0.330 e. The lowest BCUT2D eigenvalue weighted by Crippen LogP contribution is -1.88. The van der Waals surface area contributed by atoms with Crippen LogP contribution in [0.25, 0.3) is 4.85 Å². The van der Waals surface area contributed by atoms with Crippen molar-refractivity contribution >= 4 is 11.5 Å². The van der Waals surface area contributed by atoms with E-state index in [0.29, 0.717) is 0 Å². The molecule has 6 nitrogen and oxygen atoms in total. The van der Waals surface area contributed by atoms with Crippen molar-refractivity contribution in [1.29, 1.82) is 0 Å². The van der Waals surface area contributed by atoms with Gasteiger partial charge in [0.05, 0.1) is 12.0 Å².